The molecule has 20 heavy (non-hydrogen) atoms. The molecule has 0 atom stereocenters. The SMILES string of the molecule is O=C(O)c1cc(S(=O)(=O)O)ccc1C(=O)OCCO.[NaH]. The molecule has 0 heterocycles. The fourth-order valence-corrected chi connectivity index (χ4v) is 1.76. The Hall–Kier alpha value is -0.970. The number of aliphatic hydroxyl groups excluding tert-OH is 1. The van der Waals surface area contributed by atoms with Crippen molar-refractivity contribution in [1.29, 1.82) is 0 Å². The molecule has 0 aliphatic heterocycles. The van der Waals surface area contributed by atoms with Crippen molar-refractivity contribution in [3.8, 4) is 0 Å². The van der Waals surface area contributed by atoms with Crippen LogP contribution in [0.15, 0.2) is 23.1 Å². The van der Waals surface area contributed by atoms with Crippen LogP contribution >= 0.6 is 0 Å². The Morgan fingerprint density at radius 3 is 2.25 bits per heavy atom. The zero-order chi connectivity index (χ0) is 14.6. The summed E-state index contributed by atoms with van der Waals surface area (Å²) >= 11 is 0. The first-order valence-corrected chi connectivity index (χ1v) is 6.34. The summed E-state index contributed by atoms with van der Waals surface area (Å²) in [6, 6.07) is 2.43. The van der Waals surface area contributed by atoms with Gasteiger partial charge < -0.3 is 14.9 Å². The van der Waals surface area contributed by atoms with E-state index in [1.807, 2.05) is 0 Å². The summed E-state index contributed by atoms with van der Waals surface area (Å²) in [6.45, 7) is -0.755. The van der Waals surface area contributed by atoms with Crippen LogP contribution in [-0.2, 0) is 14.9 Å². The van der Waals surface area contributed by atoms with Crippen LogP contribution in [-0.4, -0.2) is 77.9 Å². The molecule has 0 bridgehead atoms. The fourth-order valence-electron chi connectivity index (χ4n) is 1.25. The van der Waals surface area contributed by atoms with Gasteiger partial charge in [0, 0.05) is 0 Å². The van der Waals surface area contributed by atoms with Crippen molar-refractivity contribution in [2.24, 2.45) is 0 Å². The third-order valence-corrected chi connectivity index (χ3v) is 2.91. The Balaban J connectivity index is 0.00000361. The van der Waals surface area contributed by atoms with Crippen LogP contribution in [0.2, 0.25) is 0 Å². The van der Waals surface area contributed by atoms with Gasteiger partial charge in [-0.05, 0) is 18.2 Å². The summed E-state index contributed by atoms with van der Waals surface area (Å²) in [5, 5.41) is 17.4. The zero-order valence-corrected chi connectivity index (χ0v) is 10.3. The molecular formula is C10H11NaO8S. The molecular weight excluding hydrogens is 303 g/mol. The third-order valence-electron chi connectivity index (χ3n) is 2.06. The quantitative estimate of drug-likeness (QED) is 0.362. The van der Waals surface area contributed by atoms with Gasteiger partial charge in [0.1, 0.15) is 6.61 Å². The number of esters is 1. The molecule has 0 unspecified atom stereocenters. The maximum atomic E-state index is 11.5. The number of hydrogen-bond acceptors (Lipinski definition) is 6. The molecule has 0 saturated carbocycles. The molecule has 1 rings (SSSR count). The van der Waals surface area contributed by atoms with Crippen molar-refractivity contribution in [2.45, 2.75) is 4.90 Å². The van der Waals surface area contributed by atoms with Gasteiger partial charge in [-0.3, -0.25) is 4.55 Å². The Labute approximate surface area is 136 Å². The van der Waals surface area contributed by atoms with E-state index in [1.54, 1.807) is 0 Å². The Morgan fingerprint density at radius 2 is 1.80 bits per heavy atom. The molecule has 0 saturated heterocycles. The van der Waals surface area contributed by atoms with E-state index in [2.05, 4.69) is 4.74 Å². The van der Waals surface area contributed by atoms with Gasteiger partial charge in [0.05, 0.1) is 22.6 Å². The van der Waals surface area contributed by atoms with Crippen LogP contribution in [0, 0.1) is 0 Å². The van der Waals surface area contributed by atoms with Gasteiger partial charge in [-0.15, -0.1) is 0 Å². The Bertz CT molecular complexity index is 610. The van der Waals surface area contributed by atoms with Gasteiger partial charge in [-0.25, -0.2) is 9.59 Å². The molecule has 1 aromatic carbocycles. The van der Waals surface area contributed by atoms with E-state index in [0.29, 0.717) is 6.07 Å². The van der Waals surface area contributed by atoms with Crippen LogP contribution in [0.4, 0.5) is 0 Å². The first-order chi connectivity index (χ1) is 8.77. The van der Waals surface area contributed by atoms with Gasteiger partial charge in [-0.1, -0.05) is 0 Å². The Morgan fingerprint density at radius 1 is 1.20 bits per heavy atom. The van der Waals surface area contributed by atoms with E-state index in [-0.39, 0.29) is 41.7 Å². The van der Waals surface area contributed by atoms with Crippen molar-refractivity contribution in [3.05, 3.63) is 29.3 Å². The predicted octanol–water partition coefficient (Wildman–Crippen LogP) is -0.868. The van der Waals surface area contributed by atoms with Crippen LogP contribution in [0.3, 0.4) is 0 Å². The number of aromatic carboxylic acids is 1. The minimum absolute atomic E-state index is 0. The first kappa shape index (κ1) is 19.0. The Kier molecular flexibility index (Phi) is 7.34. The summed E-state index contributed by atoms with van der Waals surface area (Å²) in [6.07, 6.45) is 0. The number of benzene rings is 1. The van der Waals surface area contributed by atoms with Crippen molar-refractivity contribution < 1.29 is 37.5 Å². The van der Waals surface area contributed by atoms with Gasteiger partial charge in [0.2, 0.25) is 0 Å². The fraction of sp³-hybridized carbons (Fsp3) is 0.200. The number of aliphatic hydroxyl groups is 1. The van der Waals surface area contributed by atoms with Crippen molar-refractivity contribution in [3.63, 3.8) is 0 Å². The average molecular weight is 314 g/mol. The normalized spacial score (nSPS) is 10.5. The predicted molar refractivity (Wildman–Crippen MR) is 67.7 cm³/mol. The molecule has 3 N–H and O–H groups in total. The number of carboxylic acid groups (broad SMARTS) is 1. The van der Waals surface area contributed by atoms with Gasteiger partial charge in [0.25, 0.3) is 10.1 Å². The monoisotopic (exact) mass is 314 g/mol. The number of rotatable bonds is 5. The van der Waals surface area contributed by atoms with Crippen molar-refractivity contribution in [2.75, 3.05) is 13.2 Å². The summed E-state index contributed by atoms with van der Waals surface area (Å²) < 4.78 is 35.1. The molecule has 0 radical (unpaired) electrons. The number of ether oxygens (including phenoxy) is 1. The van der Waals surface area contributed by atoms with Gasteiger partial charge >= 0.3 is 41.5 Å². The van der Waals surface area contributed by atoms with E-state index >= 15 is 0 Å². The van der Waals surface area contributed by atoms with Crippen molar-refractivity contribution in [1.82, 2.24) is 0 Å². The standard InChI is InChI=1S/C10H10O8S.Na.H/c11-3-4-18-10(14)7-2-1-6(19(15,16)17)5-8(7)9(12)13;;/h1-2,5,11H,3-4H2,(H,12,13)(H,15,16,17);;. The van der Waals surface area contributed by atoms with E-state index in [1.165, 1.54) is 0 Å². The number of carbonyl (C=O) groups excluding carboxylic acids is 1. The summed E-state index contributed by atoms with van der Waals surface area (Å²) in [7, 11) is -4.57. The molecule has 8 nitrogen and oxygen atoms in total. The number of carboxylic acids is 1. The molecule has 1 aromatic rings. The average Bonchev–Trinajstić information content (AvgIpc) is 2.34. The molecule has 0 aliphatic rings. The number of hydrogen-bond donors (Lipinski definition) is 3. The summed E-state index contributed by atoms with van der Waals surface area (Å²) in [5.41, 5.74) is -1.01. The first-order valence-electron chi connectivity index (χ1n) is 4.90. The zero-order valence-electron chi connectivity index (χ0n) is 9.44. The van der Waals surface area contributed by atoms with Crippen LogP contribution in [0.25, 0.3) is 0 Å². The molecule has 0 fully saturated rings. The van der Waals surface area contributed by atoms with E-state index < -0.39 is 39.1 Å². The topological polar surface area (TPSA) is 138 Å². The van der Waals surface area contributed by atoms with Crippen LogP contribution in [0.1, 0.15) is 20.7 Å². The molecule has 0 aliphatic carbocycles. The van der Waals surface area contributed by atoms with Crippen LogP contribution in [0.5, 0.6) is 0 Å². The summed E-state index contributed by atoms with van der Waals surface area (Å²) in [4.78, 5) is 21.8. The third kappa shape index (κ3) is 4.85. The molecule has 106 valence electrons. The van der Waals surface area contributed by atoms with E-state index in [0.717, 1.165) is 12.1 Å². The molecule has 10 heteroatoms. The molecule has 0 amide bonds. The second-order valence-corrected chi connectivity index (χ2v) is 4.77. The van der Waals surface area contributed by atoms with E-state index in [9.17, 15) is 18.0 Å². The molecule has 0 aromatic heterocycles. The van der Waals surface area contributed by atoms with Crippen molar-refractivity contribution >= 4 is 51.6 Å². The summed E-state index contributed by atoms with van der Waals surface area (Å²) in [5.74, 6) is -2.57. The molecule has 0 spiro atoms. The van der Waals surface area contributed by atoms with E-state index in [4.69, 9.17) is 14.8 Å². The number of carbonyl (C=O) groups is 2. The maximum absolute atomic E-state index is 11.5. The second-order valence-electron chi connectivity index (χ2n) is 3.35. The van der Waals surface area contributed by atoms with Gasteiger partial charge in [-0.2, -0.15) is 8.42 Å². The second kappa shape index (κ2) is 7.72. The van der Waals surface area contributed by atoms with Gasteiger partial charge in [0.15, 0.2) is 0 Å². The minimum atomic E-state index is -4.57. The van der Waals surface area contributed by atoms with Crippen LogP contribution < -0.4 is 0 Å².